The molecule has 2 heteroatoms. The third-order valence-corrected chi connectivity index (χ3v) is 2.13. The van der Waals surface area contributed by atoms with Gasteiger partial charge in [-0.05, 0) is 12.8 Å². The van der Waals surface area contributed by atoms with Crippen molar-refractivity contribution in [3.8, 4) is 0 Å². The molecule has 0 nitrogen and oxygen atoms in total. The van der Waals surface area contributed by atoms with Gasteiger partial charge in [0.25, 0.3) is 0 Å². The molecule has 0 aromatic heterocycles. The Bertz CT molecular complexity index is 43.0. The molecule has 2 rings (SSSR count). The molecule has 0 saturated heterocycles. The van der Waals surface area contributed by atoms with Crippen LogP contribution in [0.2, 0.25) is 0 Å². The van der Waals surface area contributed by atoms with E-state index in [0.29, 0.717) is 0 Å². The van der Waals surface area contributed by atoms with Crippen molar-refractivity contribution in [1.29, 1.82) is 0 Å². The zero-order valence-corrected chi connectivity index (χ0v) is 10.0. The summed E-state index contributed by atoms with van der Waals surface area (Å²) in [6, 6.07) is 0. The van der Waals surface area contributed by atoms with E-state index < -0.39 is 0 Å². The zero-order valence-electron chi connectivity index (χ0n) is 7.69. The Balaban J connectivity index is 0. The molecule has 0 heterocycles. The maximum absolute atomic E-state index is 2.36. The van der Waals surface area contributed by atoms with Crippen molar-refractivity contribution in [2.24, 2.45) is 0 Å². The Morgan fingerprint density at radius 1 is 0.583 bits per heavy atom. The Morgan fingerprint density at radius 3 is 0.917 bits per heavy atom. The largest absolute Gasteiger partial charge is 1.00 e. The maximum Gasteiger partial charge on any atom is 0 e. The molecule has 0 amide bonds. The molecule has 2 radical (unpaired) electrons. The predicted octanol–water partition coefficient (Wildman–Crippen LogP) is 0.531. The van der Waals surface area contributed by atoms with Gasteiger partial charge >= 0.3 is 0 Å². The first-order valence-electron chi connectivity index (χ1n) is 4.63. The van der Waals surface area contributed by atoms with E-state index in [1.807, 2.05) is 0 Å². The monoisotopic (exact) mass is 221 g/mol. The number of hydrogen-bond donors (Lipinski definition) is 0. The van der Waals surface area contributed by atoms with E-state index in [4.69, 9.17) is 0 Å². The van der Waals surface area contributed by atoms with Gasteiger partial charge < -0.3 is 12.4 Å². The van der Waals surface area contributed by atoms with E-state index in [0.717, 1.165) is 0 Å². The molecular formula is C10H18ClTi-. The molecule has 0 unspecified atom stereocenters. The summed E-state index contributed by atoms with van der Waals surface area (Å²) < 4.78 is 0. The maximum atomic E-state index is 2.36. The SMILES string of the molecule is [CH]1CCCC1.[CH]1CCCC1.[Cl-].[Ti]. The fourth-order valence-corrected chi connectivity index (χ4v) is 1.44. The van der Waals surface area contributed by atoms with E-state index in [-0.39, 0.29) is 34.1 Å². The van der Waals surface area contributed by atoms with Gasteiger partial charge in [0.15, 0.2) is 0 Å². The van der Waals surface area contributed by atoms with Crippen LogP contribution in [-0.4, -0.2) is 0 Å². The van der Waals surface area contributed by atoms with Gasteiger partial charge in [0, 0.05) is 21.7 Å². The zero-order chi connectivity index (χ0) is 7.07. The second kappa shape index (κ2) is 12.0. The fourth-order valence-electron chi connectivity index (χ4n) is 1.44. The van der Waals surface area contributed by atoms with Crippen LogP contribution in [-0.2, 0) is 21.7 Å². The van der Waals surface area contributed by atoms with Gasteiger partial charge in [0.2, 0.25) is 0 Å². The van der Waals surface area contributed by atoms with Crippen molar-refractivity contribution >= 4 is 0 Å². The molecular weight excluding hydrogens is 203 g/mol. The first-order valence-corrected chi connectivity index (χ1v) is 4.63. The molecule has 0 spiro atoms. The van der Waals surface area contributed by atoms with E-state index in [1.165, 1.54) is 51.4 Å². The summed E-state index contributed by atoms with van der Waals surface area (Å²) in [5.41, 5.74) is 0. The van der Waals surface area contributed by atoms with E-state index >= 15 is 0 Å². The number of halogens is 1. The molecule has 2 aliphatic rings. The van der Waals surface area contributed by atoms with Gasteiger partial charge in [-0.2, -0.15) is 0 Å². The second-order valence-electron chi connectivity index (χ2n) is 3.15. The molecule has 0 aromatic carbocycles. The molecule has 2 fully saturated rings. The van der Waals surface area contributed by atoms with Gasteiger partial charge in [-0.15, -0.1) is 0 Å². The molecule has 0 atom stereocenters. The smallest absolute Gasteiger partial charge is 0 e. The van der Waals surface area contributed by atoms with Crippen LogP contribution >= 0.6 is 0 Å². The standard InChI is InChI=1S/2C5H9.ClH.Ti/c2*1-2-4-5-3-1;;/h2*1H,2-5H2;1H;/p-1. The Hall–Kier alpha value is 1.00. The number of hydrogen-bond acceptors (Lipinski definition) is 0. The van der Waals surface area contributed by atoms with Crippen LogP contribution in [0.1, 0.15) is 51.4 Å². The Kier molecular flexibility index (Phi) is 15.5. The first-order chi connectivity index (χ1) is 5.00. The summed E-state index contributed by atoms with van der Waals surface area (Å²) in [5.74, 6) is 0. The summed E-state index contributed by atoms with van der Waals surface area (Å²) in [5, 5.41) is 0. The van der Waals surface area contributed by atoms with E-state index in [2.05, 4.69) is 12.8 Å². The molecule has 70 valence electrons. The molecule has 12 heavy (non-hydrogen) atoms. The summed E-state index contributed by atoms with van der Waals surface area (Å²) >= 11 is 0. The quantitative estimate of drug-likeness (QED) is 0.524. The van der Waals surface area contributed by atoms with Gasteiger partial charge in [-0.25, -0.2) is 0 Å². The Morgan fingerprint density at radius 2 is 0.833 bits per heavy atom. The number of rotatable bonds is 0. The van der Waals surface area contributed by atoms with Crippen molar-refractivity contribution in [3.63, 3.8) is 0 Å². The van der Waals surface area contributed by atoms with Crippen LogP contribution in [0.25, 0.3) is 0 Å². The van der Waals surface area contributed by atoms with Crippen molar-refractivity contribution in [2.75, 3.05) is 0 Å². The van der Waals surface area contributed by atoms with Gasteiger partial charge in [-0.3, -0.25) is 0 Å². The van der Waals surface area contributed by atoms with Gasteiger partial charge in [0.1, 0.15) is 0 Å². The average molecular weight is 222 g/mol. The van der Waals surface area contributed by atoms with Crippen molar-refractivity contribution in [3.05, 3.63) is 12.8 Å². The molecule has 2 aliphatic carbocycles. The average Bonchev–Trinajstić information content (AvgIpc) is 2.67. The third kappa shape index (κ3) is 9.10. The van der Waals surface area contributed by atoms with Crippen molar-refractivity contribution in [2.45, 2.75) is 51.4 Å². The third-order valence-electron chi connectivity index (χ3n) is 2.13. The van der Waals surface area contributed by atoms with E-state index in [1.54, 1.807) is 0 Å². The summed E-state index contributed by atoms with van der Waals surface area (Å²) in [7, 11) is 0. The van der Waals surface area contributed by atoms with Crippen LogP contribution in [0, 0.1) is 12.8 Å². The minimum Gasteiger partial charge on any atom is -1.00 e. The molecule has 0 N–H and O–H groups in total. The summed E-state index contributed by atoms with van der Waals surface area (Å²) in [6.45, 7) is 0. The molecule has 2 saturated carbocycles. The molecule has 0 bridgehead atoms. The minimum atomic E-state index is 0. The topological polar surface area (TPSA) is 0 Å². The van der Waals surface area contributed by atoms with Crippen molar-refractivity contribution < 1.29 is 34.1 Å². The van der Waals surface area contributed by atoms with Gasteiger partial charge in [0.05, 0.1) is 0 Å². The van der Waals surface area contributed by atoms with Crippen LogP contribution in [0.3, 0.4) is 0 Å². The van der Waals surface area contributed by atoms with E-state index in [9.17, 15) is 0 Å². The minimum absolute atomic E-state index is 0. The van der Waals surface area contributed by atoms with Crippen LogP contribution in [0.5, 0.6) is 0 Å². The second-order valence-corrected chi connectivity index (χ2v) is 3.15. The summed E-state index contributed by atoms with van der Waals surface area (Å²) in [4.78, 5) is 0. The normalized spacial score (nSPS) is 20.0. The van der Waals surface area contributed by atoms with Gasteiger partial charge in [-0.1, -0.05) is 51.4 Å². The predicted molar refractivity (Wildman–Crippen MR) is 45.5 cm³/mol. The molecule has 0 aromatic rings. The van der Waals surface area contributed by atoms with Crippen LogP contribution in [0.4, 0.5) is 0 Å². The van der Waals surface area contributed by atoms with Crippen molar-refractivity contribution in [1.82, 2.24) is 0 Å². The first kappa shape index (κ1) is 15.5. The van der Waals surface area contributed by atoms with Crippen LogP contribution in [0.15, 0.2) is 0 Å². The fraction of sp³-hybridized carbons (Fsp3) is 0.800. The Labute approximate surface area is 98.2 Å². The molecule has 0 aliphatic heterocycles. The summed E-state index contributed by atoms with van der Waals surface area (Å²) in [6.07, 6.45) is 16.0. The van der Waals surface area contributed by atoms with Crippen LogP contribution < -0.4 is 12.4 Å².